The molecule has 4 unspecified atom stereocenters. The highest BCUT2D eigenvalue weighted by atomic mass is 31.2. The number of phosphoric acid groups is 1. The van der Waals surface area contributed by atoms with Crippen LogP contribution in [-0.2, 0) is 37.4 Å². The van der Waals surface area contributed by atoms with Crippen molar-refractivity contribution < 1.29 is 46.8 Å². The smallest absolute Gasteiger partial charge is 0.306 e. The molecule has 1 aliphatic rings. The van der Waals surface area contributed by atoms with Crippen LogP contribution in [0.15, 0.2) is 0 Å². The van der Waals surface area contributed by atoms with Gasteiger partial charge in [0.15, 0.2) is 6.10 Å². The molecule has 0 aliphatic carbocycles. The fourth-order valence-electron chi connectivity index (χ4n) is 6.86. The number of ether oxygens (including phenoxy) is 3. The Hall–Kier alpha value is -1.03. The number of hydrogen-bond acceptors (Lipinski definition) is 9. The van der Waals surface area contributed by atoms with E-state index in [0.717, 1.165) is 51.4 Å². The molecule has 1 heterocycles. The molecular weight excluding hydrogens is 717 g/mol. The first-order chi connectivity index (χ1) is 26.5. The Morgan fingerprint density at radius 2 is 0.982 bits per heavy atom. The van der Waals surface area contributed by atoms with E-state index in [1.54, 1.807) is 0 Å². The van der Waals surface area contributed by atoms with Crippen LogP contribution < -0.4 is 4.89 Å². The average Bonchev–Trinajstić information content (AvgIpc) is 3.89. The standard InChI is InChI=1S/C44H86NO9P/c1-6-8-10-12-14-15-16-17-18-19-20-21-22-26-30-34-43(46)50-38-40(39-52-55(48,49)51-37-36-45(3,4)5)53-44(47)35-31-27-23-25-29-33-42-41(54-42)32-28-24-13-11-9-7-2/h40-42H,6-39H2,1-5H3. The van der Waals surface area contributed by atoms with Gasteiger partial charge in [0.2, 0.25) is 0 Å². The van der Waals surface area contributed by atoms with Gasteiger partial charge in [-0.2, -0.15) is 0 Å². The van der Waals surface area contributed by atoms with E-state index in [9.17, 15) is 19.0 Å². The molecule has 4 atom stereocenters. The van der Waals surface area contributed by atoms with E-state index < -0.39 is 26.5 Å². The first kappa shape index (κ1) is 52.0. The second-order valence-electron chi connectivity index (χ2n) is 17.2. The molecule has 0 bridgehead atoms. The van der Waals surface area contributed by atoms with Crippen LogP contribution in [0.25, 0.3) is 0 Å². The van der Waals surface area contributed by atoms with Gasteiger partial charge in [-0.15, -0.1) is 0 Å². The summed E-state index contributed by atoms with van der Waals surface area (Å²) in [6.07, 6.45) is 34.2. The number of nitrogens with zero attached hydrogens (tertiary/aromatic N) is 1. The Kier molecular flexibility index (Phi) is 32.0. The minimum Gasteiger partial charge on any atom is -0.756 e. The van der Waals surface area contributed by atoms with E-state index in [0.29, 0.717) is 29.7 Å². The van der Waals surface area contributed by atoms with Crippen molar-refractivity contribution in [2.45, 2.75) is 225 Å². The zero-order chi connectivity index (χ0) is 40.5. The number of carbonyl (C=O) groups excluding carboxylic acids is 2. The van der Waals surface area contributed by atoms with Gasteiger partial charge in [-0.25, -0.2) is 0 Å². The molecule has 0 amide bonds. The lowest BCUT2D eigenvalue weighted by Gasteiger charge is -2.28. The molecule has 0 saturated carbocycles. The van der Waals surface area contributed by atoms with Gasteiger partial charge in [-0.1, -0.05) is 168 Å². The Bertz CT molecular complexity index is 975. The maximum atomic E-state index is 12.7. The van der Waals surface area contributed by atoms with Crippen LogP contribution in [0.3, 0.4) is 0 Å². The van der Waals surface area contributed by atoms with Crippen molar-refractivity contribution in [2.24, 2.45) is 0 Å². The van der Waals surface area contributed by atoms with E-state index in [1.807, 2.05) is 21.1 Å². The number of likely N-dealkylation sites (N-methyl/N-ethyl adjacent to an activating group) is 1. The number of epoxide rings is 1. The molecule has 326 valence electrons. The van der Waals surface area contributed by atoms with E-state index in [-0.39, 0.29) is 32.0 Å². The van der Waals surface area contributed by atoms with Crippen LogP contribution in [-0.4, -0.2) is 82.2 Å². The lowest BCUT2D eigenvalue weighted by molar-refractivity contribution is -0.870. The van der Waals surface area contributed by atoms with E-state index >= 15 is 0 Å². The Morgan fingerprint density at radius 3 is 1.42 bits per heavy atom. The normalized spacial score (nSPS) is 17.2. The van der Waals surface area contributed by atoms with Gasteiger partial charge in [0.25, 0.3) is 7.82 Å². The summed E-state index contributed by atoms with van der Waals surface area (Å²) >= 11 is 0. The monoisotopic (exact) mass is 804 g/mol. The molecule has 0 aromatic carbocycles. The molecule has 1 rings (SSSR count). The maximum absolute atomic E-state index is 12.7. The van der Waals surface area contributed by atoms with Gasteiger partial charge < -0.3 is 32.6 Å². The second kappa shape index (κ2) is 33.9. The molecule has 55 heavy (non-hydrogen) atoms. The summed E-state index contributed by atoms with van der Waals surface area (Å²) in [5, 5.41) is 0. The summed E-state index contributed by atoms with van der Waals surface area (Å²) in [6, 6.07) is 0. The minimum absolute atomic E-state index is 0.0313. The maximum Gasteiger partial charge on any atom is 0.306 e. The third-order valence-corrected chi connectivity index (χ3v) is 11.5. The number of esters is 2. The van der Waals surface area contributed by atoms with Crippen LogP contribution in [0, 0.1) is 0 Å². The zero-order valence-corrected chi connectivity index (χ0v) is 37.2. The summed E-state index contributed by atoms with van der Waals surface area (Å²) in [7, 11) is 1.16. The lowest BCUT2D eigenvalue weighted by atomic mass is 10.0. The molecule has 11 heteroatoms. The quantitative estimate of drug-likeness (QED) is 0.0195. The SMILES string of the molecule is CCCCCCCCCCCCCCCCCC(=O)OCC(COP(=O)([O-])OCC[N+](C)(C)C)OC(=O)CCCCCCCC1OC1CCCCCCCC. The van der Waals surface area contributed by atoms with Crippen LogP contribution in [0.2, 0.25) is 0 Å². The fraction of sp³-hybridized carbons (Fsp3) is 0.955. The molecule has 0 spiro atoms. The molecule has 0 radical (unpaired) electrons. The van der Waals surface area contributed by atoms with E-state index in [1.165, 1.54) is 122 Å². The van der Waals surface area contributed by atoms with Crippen LogP contribution >= 0.6 is 7.82 Å². The molecule has 0 aromatic heterocycles. The zero-order valence-electron chi connectivity index (χ0n) is 36.3. The first-order valence-electron chi connectivity index (χ1n) is 22.9. The largest absolute Gasteiger partial charge is 0.756 e. The lowest BCUT2D eigenvalue weighted by Crippen LogP contribution is -2.37. The van der Waals surface area contributed by atoms with Gasteiger partial charge in [-0.3, -0.25) is 14.2 Å². The summed E-state index contributed by atoms with van der Waals surface area (Å²) < 4.78 is 39.8. The van der Waals surface area contributed by atoms with E-state index in [4.69, 9.17) is 23.3 Å². The molecule has 0 aromatic rings. The third kappa shape index (κ3) is 34.7. The number of carbonyl (C=O) groups is 2. The predicted octanol–water partition coefficient (Wildman–Crippen LogP) is 11.2. The topological polar surface area (TPSA) is 124 Å². The van der Waals surface area contributed by atoms with Crippen molar-refractivity contribution in [3.8, 4) is 0 Å². The first-order valence-corrected chi connectivity index (χ1v) is 24.3. The number of unbranched alkanes of at least 4 members (excludes halogenated alkanes) is 23. The number of quaternary nitrogens is 1. The average molecular weight is 804 g/mol. The van der Waals surface area contributed by atoms with Gasteiger partial charge >= 0.3 is 11.9 Å². The molecule has 10 nitrogen and oxygen atoms in total. The van der Waals surface area contributed by atoms with Crippen LogP contribution in [0.4, 0.5) is 0 Å². The summed E-state index contributed by atoms with van der Waals surface area (Å²) in [5.41, 5.74) is 0. The van der Waals surface area contributed by atoms with Gasteiger partial charge in [0, 0.05) is 12.8 Å². The van der Waals surface area contributed by atoms with Crippen molar-refractivity contribution in [3.63, 3.8) is 0 Å². The van der Waals surface area contributed by atoms with Crippen molar-refractivity contribution in [1.82, 2.24) is 0 Å². The Labute approximate surface area is 338 Å². The minimum atomic E-state index is -4.63. The predicted molar refractivity (Wildman–Crippen MR) is 222 cm³/mol. The highest BCUT2D eigenvalue weighted by Crippen LogP contribution is 2.38. The van der Waals surface area contributed by atoms with Crippen molar-refractivity contribution >= 4 is 19.8 Å². The van der Waals surface area contributed by atoms with Crippen LogP contribution in [0.5, 0.6) is 0 Å². The molecule has 1 fully saturated rings. The fourth-order valence-corrected chi connectivity index (χ4v) is 7.58. The summed E-state index contributed by atoms with van der Waals surface area (Å²) in [6.45, 7) is 4.22. The van der Waals surface area contributed by atoms with Gasteiger partial charge in [-0.05, 0) is 25.7 Å². The second-order valence-corrected chi connectivity index (χ2v) is 18.6. The third-order valence-electron chi connectivity index (χ3n) is 10.5. The molecule has 1 aliphatic heterocycles. The summed E-state index contributed by atoms with van der Waals surface area (Å²) in [4.78, 5) is 37.6. The van der Waals surface area contributed by atoms with Crippen molar-refractivity contribution in [1.29, 1.82) is 0 Å². The van der Waals surface area contributed by atoms with Gasteiger partial charge in [0.05, 0.1) is 40.0 Å². The molecular formula is C44H86NO9P. The molecule has 1 saturated heterocycles. The Morgan fingerprint density at radius 1 is 0.582 bits per heavy atom. The van der Waals surface area contributed by atoms with Gasteiger partial charge in [0.1, 0.15) is 19.8 Å². The number of hydrogen-bond donors (Lipinski definition) is 0. The highest BCUT2D eigenvalue weighted by molar-refractivity contribution is 7.45. The number of rotatable bonds is 41. The van der Waals surface area contributed by atoms with Crippen LogP contribution in [0.1, 0.15) is 206 Å². The van der Waals surface area contributed by atoms with E-state index in [2.05, 4.69) is 13.8 Å². The Balaban J connectivity index is 2.26. The summed E-state index contributed by atoms with van der Waals surface area (Å²) in [5.74, 6) is -0.840. The number of phosphoric ester groups is 1. The molecule has 0 N–H and O–H groups in total. The van der Waals surface area contributed by atoms with Crippen molar-refractivity contribution in [2.75, 3.05) is 47.5 Å². The van der Waals surface area contributed by atoms with Crippen molar-refractivity contribution in [3.05, 3.63) is 0 Å². The highest BCUT2D eigenvalue weighted by Gasteiger charge is 2.36.